The van der Waals surface area contributed by atoms with Gasteiger partial charge in [0.15, 0.2) is 0 Å². The molecule has 7 heteroatoms. The van der Waals surface area contributed by atoms with Crippen LogP contribution in [0.5, 0.6) is 6.01 Å². The van der Waals surface area contributed by atoms with Crippen molar-refractivity contribution in [1.29, 1.82) is 0 Å². The molecule has 4 rings (SSSR count). The number of hydrogen-bond donors (Lipinski definition) is 1. The van der Waals surface area contributed by atoms with Gasteiger partial charge in [0.2, 0.25) is 0 Å². The lowest BCUT2D eigenvalue weighted by atomic mass is 10.1. The number of hydrogen-bond acceptors (Lipinski definition) is 7. The van der Waals surface area contributed by atoms with Crippen molar-refractivity contribution in [3.8, 4) is 6.01 Å². The topological polar surface area (TPSA) is 84.6 Å². The van der Waals surface area contributed by atoms with Crippen LogP contribution in [0.25, 0.3) is 0 Å². The Morgan fingerprint density at radius 1 is 1.00 bits per heavy atom. The number of nitrogen functional groups attached to an aromatic ring is 1. The summed E-state index contributed by atoms with van der Waals surface area (Å²) in [5.74, 6) is 0.928. The Bertz CT molecular complexity index is 1070. The van der Waals surface area contributed by atoms with Gasteiger partial charge in [-0.25, -0.2) is 0 Å². The number of likely N-dealkylation sites (tertiary alicyclic amines) is 1. The first-order valence-corrected chi connectivity index (χ1v) is 11.4. The number of nitrogens with two attached hydrogens (primary N) is 1. The van der Waals surface area contributed by atoms with E-state index in [1.54, 1.807) is 13.0 Å². The average molecular weight is 446 g/mol. The lowest BCUT2D eigenvalue weighted by Gasteiger charge is -2.24. The minimum Gasteiger partial charge on any atom is -0.458 e. The number of Topliss-reactive ketones (excluding diaryl/α,β-unsaturated/α-hetero) is 1. The summed E-state index contributed by atoms with van der Waals surface area (Å²) in [5, 5.41) is 0. The molecule has 0 unspecified atom stereocenters. The standard InChI is InChI=1S/C26H31N5O2/c1-20(32)16-31(18-23-11-7-10-22(14-23)17-30-12-5-6-13-30)25-15-24(27)28-26(29-25)33-19-21-8-3-2-4-9-21/h2-4,7-11,14-15H,5-6,12-13,16-19H2,1H3,(H2,27,28,29). The molecule has 1 aromatic heterocycles. The second-order valence-corrected chi connectivity index (χ2v) is 8.57. The fourth-order valence-corrected chi connectivity index (χ4v) is 4.11. The summed E-state index contributed by atoms with van der Waals surface area (Å²) in [6.07, 6.45) is 2.55. The predicted molar refractivity (Wildman–Crippen MR) is 130 cm³/mol. The maximum Gasteiger partial charge on any atom is 0.320 e. The molecule has 2 heterocycles. The van der Waals surface area contributed by atoms with Crippen molar-refractivity contribution in [3.05, 3.63) is 77.4 Å². The minimum atomic E-state index is 0.0483. The molecule has 1 saturated heterocycles. The van der Waals surface area contributed by atoms with Crippen molar-refractivity contribution in [2.75, 3.05) is 30.3 Å². The molecule has 172 valence electrons. The van der Waals surface area contributed by atoms with Gasteiger partial charge >= 0.3 is 6.01 Å². The number of nitrogens with zero attached hydrogens (tertiary/aromatic N) is 4. The number of carbonyl (C=O) groups excluding carboxylic acids is 1. The Hall–Kier alpha value is -3.45. The highest BCUT2D eigenvalue weighted by molar-refractivity contribution is 5.80. The number of aromatic nitrogens is 2. The number of benzene rings is 2. The molecule has 0 bridgehead atoms. The molecule has 0 radical (unpaired) electrons. The van der Waals surface area contributed by atoms with Gasteiger partial charge in [-0.1, -0.05) is 54.6 Å². The summed E-state index contributed by atoms with van der Waals surface area (Å²) in [6.45, 7) is 5.97. The van der Waals surface area contributed by atoms with Gasteiger partial charge in [-0.3, -0.25) is 9.69 Å². The van der Waals surface area contributed by atoms with E-state index in [9.17, 15) is 4.79 Å². The van der Waals surface area contributed by atoms with Crippen LogP contribution in [0.3, 0.4) is 0 Å². The largest absolute Gasteiger partial charge is 0.458 e. The third-order valence-corrected chi connectivity index (χ3v) is 5.63. The van der Waals surface area contributed by atoms with Crippen molar-refractivity contribution < 1.29 is 9.53 Å². The number of rotatable bonds is 10. The first kappa shape index (κ1) is 22.7. The van der Waals surface area contributed by atoms with Gasteiger partial charge in [0.1, 0.15) is 24.0 Å². The van der Waals surface area contributed by atoms with Gasteiger partial charge in [-0.15, -0.1) is 0 Å². The van der Waals surface area contributed by atoms with E-state index >= 15 is 0 Å². The highest BCUT2D eigenvalue weighted by Crippen LogP contribution is 2.22. The molecule has 0 saturated carbocycles. The van der Waals surface area contributed by atoms with Crippen LogP contribution in [0.15, 0.2) is 60.7 Å². The number of anilines is 2. The Kier molecular flexibility index (Phi) is 7.52. The third kappa shape index (κ3) is 6.76. The molecule has 33 heavy (non-hydrogen) atoms. The molecule has 1 aliphatic heterocycles. The molecule has 0 spiro atoms. The van der Waals surface area contributed by atoms with E-state index in [1.165, 1.54) is 18.4 Å². The van der Waals surface area contributed by atoms with Crippen LogP contribution in [0.4, 0.5) is 11.6 Å². The maximum atomic E-state index is 12.0. The molecule has 7 nitrogen and oxygen atoms in total. The predicted octanol–water partition coefficient (Wildman–Crippen LogP) is 3.83. The van der Waals surface area contributed by atoms with Crippen molar-refractivity contribution in [3.63, 3.8) is 0 Å². The van der Waals surface area contributed by atoms with Gasteiger partial charge in [-0.05, 0) is 49.5 Å². The van der Waals surface area contributed by atoms with Gasteiger partial charge < -0.3 is 15.4 Å². The molecular formula is C26H31N5O2. The van der Waals surface area contributed by atoms with E-state index < -0.39 is 0 Å². The smallest absolute Gasteiger partial charge is 0.320 e. The minimum absolute atomic E-state index is 0.0483. The van der Waals surface area contributed by atoms with Gasteiger partial charge in [0.05, 0.1) is 6.54 Å². The molecule has 0 aliphatic carbocycles. The van der Waals surface area contributed by atoms with Crippen molar-refractivity contribution >= 4 is 17.4 Å². The zero-order valence-corrected chi connectivity index (χ0v) is 19.1. The monoisotopic (exact) mass is 445 g/mol. The van der Waals surface area contributed by atoms with Crippen LogP contribution in [0.1, 0.15) is 36.5 Å². The zero-order valence-electron chi connectivity index (χ0n) is 19.1. The fraction of sp³-hybridized carbons (Fsp3) is 0.346. The van der Waals surface area contributed by atoms with Crippen LogP contribution in [-0.2, 0) is 24.5 Å². The lowest BCUT2D eigenvalue weighted by molar-refractivity contribution is -0.115. The van der Waals surface area contributed by atoms with Crippen molar-refractivity contribution in [1.82, 2.24) is 14.9 Å². The van der Waals surface area contributed by atoms with Crippen LogP contribution in [0.2, 0.25) is 0 Å². The molecule has 0 atom stereocenters. The number of carbonyl (C=O) groups is 1. The summed E-state index contributed by atoms with van der Waals surface area (Å²) in [6, 6.07) is 20.2. The molecule has 2 N–H and O–H groups in total. The van der Waals surface area contributed by atoms with E-state index in [2.05, 4.69) is 39.1 Å². The van der Waals surface area contributed by atoms with Crippen molar-refractivity contribution in [2.24, 2.45) is 0 Å². The van der Waals surface area contributed by atoms with Crippen LogP contribution in [-0.4, -0.2) is 40.3 Å². The summed E-state index contributed by atoms with van der Waals surface area (Å²) in [4.78, 5) is 25.2. The summed E-state index contributed by atoms with van der Waals surface area (Å²) in [5.41, 5.74) is 9.48. The SMILES string of the molecule is CC(=O)CN(Cc1cccc(CN2CCCC2)c1)c1cc(N)nc(OCc2ccccc2)n1. The third-order valence-electron chi connectivity index (χ3n) is 5.63. The van der Waals surface area contributed by atoms with Gasteiger partial charge in [-0.2, -0.15) is 9.97 Å². The summed E-state index contributed by atoms with van der Waals surface area (Å²) in [7, 11) is 0. The van der Waals surface area contributed by atoms with Crippen LogP contribution < -0.4 is 15.4 Å². The summed E-state index contributed by atoms with van der Waals surface area (Å²) < 4.78 is 5.79. The number of ketones is 1. The fourth-order valence-electron chi connectivity index (χ4n) is 4.11. The quantitative estimate of drug-likeness (QED) is 0.508. The Labute approximate surface area is 195 Å². The Balaban J connectivity index is 1.51. The normalized spacial score (nSPS) is 13.7. The Morgan fingerprint density at radius 2 is 1.73 bits per heavy atom. The van der Waals surface area contributed by atoms with E-state index in [1.807, 2.05) is 35.2 Å². The van der Waals surface area contributed by atoms with Gasteiger partial charge in [0, 0.05) is 19.2 Å². The van der Waals surface area contributed by atoms with E-state index in [4.69, 9.17) is 10.5 Å². The van der Waals surface area contributed by atoms with E-state index in [0.717, 1.165) is 30.8 Å². The number of ether oxygens (including phenoxy) is 1. The molecular weight excluding hydrogens is 414 g/mol. The zero-order chi connectivity index (χ0) is 23.0. The van der Waals surface area contributed by atoms with Crippen LogP contribution in [0, 0.1) is 0 Å². The molecule has 1 aliphatic rings. The Morgan fingerprint density at radius 3 is 2.48 bits per heavy atom. The molecule has 3 aromatic rings. The van der Waals surface area contributed by atoms with Gasteiger partial charge in [0.25, 0.3) is 0 Å². The first-order valence-electron chi connectivity index (χ1n) is 11.4. The van der Waals surface area contributed by atoms with Crippen LogP contribution >= 0.6 is 0 Å². The molecule has 0 amide bonds. The highest BCUT2D eigenvalue weighted by atomic mass is 16.5. The second-order valence-electron chi connectivity index (χ2n) is 8.57. The van der Waals surface area contributed by atoms with E-state index in [0.29, 0.717) is 24.8 Å². The maximum absolute atomic E-state index is 12.0. The lowest BCUT2D eigenvalue weighted by Crippen LogP contribution is -2.29. The van der Waals surface area contributed by atoms with E-state index in [-0.39, 0.29) is 18.3 Å². The van der Waals surface area contributed by atoms with Crippen molar-refractivity contribution in [2.45, 2.75) is 39.5 Å². The molecule has 1 fully saturated rings. The summed E-state index contributed by atoms with van der Waals surface area (Å²) >= 11 is 0. The second kappa shape index (κ2) is 10.9. The molecule has 2 aromatic carbocycles. The average Bonchev–Trinajstić information content (AvgIpc) is 3.31. The first-order chi connectivity index (χ1) is 16.0. The highest BCUT2D eigenvalue weighted by Gasteiger charge is 2.16.